The highest BCUT2D eigenvalue weighted by Crippen LogP contribution is 2.41. The number of hydrogen-bond acceptors (Lipinski definition) is 3. The highest BCUT2D eigenvalue weighted by atomic mass is 16.3. The molecule has 1 aromatic heterocycles. The van der Waals surface area contributed by atoms with E-state index in [9.17, 15) is 9.90 Å². The van der Waals surface area contributed by atoms with Gasteiger partial charge in [-0.1, -0.05) is 6.92 Å². The summed E-state index contributed by atoms with van der Waals surface area (Å²) in [4.78, 5) is 18.3. The molecule has 0 bridgehead atoms. The van der Waals surface area contributed by atoms with E-state index in [0.717, 1.165) is 44.7 Å². The molecular formula is C16H26N4O2. The largest absolute Gasteiger partial charge is 0.391 e. The van der Waals surface area contributed by atoms with E-state index >= 15 is 0 Å². The van der Waals surface area contributed by atoms with Gasteiger partial charge in [-0.3, -0.25) is 0 Å². The van der Waals surface area contributed by atoms with Gasteiger partial charge in [0.15, 0.2) is 0 Å². The zero-order valence-electron chi connectivity index (χ0n) is 13.4. The van der Waals surface area contributed by atoms with Crippen LogP contribution in [0.2, 0.25) is 0 Å². The summed E-state index contributed by atoms with van der Waals surface area (Å²) in [6, 6.07) is 0.128. The van der Waals surface area contributed by atoms with Crippen molar-refractivity contribution in [3.05, 3.63) is 18.2 Å². The fourth-order valence-electron chi connectivity index (χ4n) is 3.95. The van der Waals surface area contributed by atoms with Crippen molar-refractivity contribution in [2.45, 2.75) is 45.3 Å². The third kappa shape index (κ3) is 2.84. The second kappa shape index (κ2) is 6.28. The maximum absolute atomic E-state index is 12.1. The van der Waals surface area contributed by atoms with Crippen molar-refractivity contribution in [1.29, 1.82) is 0 Å². The molecule has 2 aliphatic rings. The molecule has 1 aliphatic heterocycles. The van der Waals surface area contributed by atoms with Crippen LogP contribution in [-0.2, 0) is 0 Å². The minimum atomic E-state index is -0.354. The van der Waals surface area contributed by atoms with Crippen molar-refractivity contribution >= 4 is 6.03 Å². The number of imidazole rings is 1. The van der Waals surface area contributed by atoms with Gasteiger partial charge in [0.1, 0.15) is 5.82 Å². The molecule has 1 aromatic rings. The van der Waals surface area contributed by atoms with E-state index in [2.05, 4.69) is 21.8 Å². The molecule has 0 unspecified atom stereocenters. The lowest BCUT2D eigenvalue weighted by atomic mass is 9.77. The number of urea groups is 1. The summed E-state index contributed by atoms with van der Waals surface area (Å²) in [6.07, 6.45) is 6.02. The minimum absolute atomic E-state index is 0.0427. The Morgan fingerprint density at radius 3 is 2.77 bits per heavy atom. The number of carbonyl (C=O) groups excluding carboxylic acids is 1. The van der Waals surface area contributed by atoms with Crippen LogP contribution in [0.25, 0.3) is 0 Å². The second-order valence-electron chi connectivity index (χ2n) is 6.64. The van der Waals surface area contributed by atoms with Crippen molar-refractivity contribution in [2.75, 3.05) is 19.6 Å². The Morgan fingerprint density at radius 2 is 2.14 bits per heavy atom. The molecule has 6 heteroatoms. The molecule has 1 saturated carbocycles. The second-order valence-corrected chi connectivity index (χ2v) is 6.64. The molecule has 2 heterocycles. The monoisotopic (exact) mass is 306 g/mol. The molecule has 0 spiro atoms. The van der Waals surface area contributed by atoms with Gasteiger partial charge in [-0.15, -0.1) is 0 Å². The molecular weight excluding hydrogens is 280 g/mol. The number of aryl methyl sites for hydroxylation is 1. The number of hydrogen-bond donors (Lipinski definition) is 2. The van der Waals surface area contributed by atoms with Gasteiger partial charge < -0.3 is 19.9 Å². The Hall–Kier alpha value is -1.56. The van der Waals surface area contributed by atoms with Gasteiger partial charge in [-0.2, -0.15) is 0 Å². The van der Waals surface area contributed by atoms with Gasteiger partial charge in [0.05, 0.1) is 12.1 Å². The summed E-state index contributed by atoms with van der Waals surface area (Å²) in [5, 5.41) is 13.5. The lowest BCUT2D eigenvalue weighted by molar-refractivity contribution is 0.0349. The molecule has 2 fully saturated rings. The van der Waals surface area contributed by atoms with Crippen molar-refractivity contribution in [3.8, 4) is 0 Å². The molecule has 0 aromatic carbocycles. The van der Waals surface area contributed by atoms with Crippen LogP contribution < -0.4 is 5.32 Å². The van der Waals surface area contributed by atoms with Crippen molar-refractivity contribution in [1.82, 2.24) is 19.8 Å². The molecule has 3 rings (SSSR count). The van der Waals surface area contributed by atoms with Gasteiger partial charge in [-0.25, -0.2) is 9.78 Å². The maximum Gasteiger partial charge on any atom is 0.317 e. The number of amides is 2. The van der Waals surface area contributed by atoms with Crippen LogP contribution >= 0.6 is 0 Å². The van der Waals surface area contributed by atoms with Crippen LogP contribution in [0.1, 0.15) is 38.1 Å². The van der Waals surface area contributed by atoms with Crippen LogP contribution in [0.4, 0.5) is 4.79 Å². The molecule has 1 aliphatic carbocycles. The van der Waals surface area contributed by atoms with Crippen LogP contribution in [0.15, 0.2) is 12.4 Å². The van der Waals surface area contributed by atoms with Gasteiger partial charge in [0.2, 0.25) is 0 Å². The van der Waals surface area contributed by atoms with E-state index in [0.29, 0.717) is 11.8 Å². The Labute approximate surface area is 131 Å². The van der Waals surface area contributed by atoms with E-state index in [1.165, 1.54) is 0 Å². The first-order valence-electron chi connectivity index (χ1n) is 8.30. The van der Waals surface area contributed by atoms with E-state index in [1.54, 1.807) is 6.20 Å². The van der Waals surface area contributed by atoms with Gasteiger partial charge in [0.25, 0.3) is 0 Å². The Kier molecular flexibility index (Phi) is 4.38. The van der Waals surface area contributed by atoms with Crippen LogP contribution in [0.3, 0.4) is 0 Å². The van der Waals surface area contributed by atoms with Crippen molar-refractivity contribution < 1.29 is 9.90 Å². The normalized spacial score (nSPS) is 31.1. The number of aromatic nitrogens is 2. The van der Waals surface area contributed by atoms with Crippen LogP contribution in [-0.4, -0.2) is 51.3 Å². The number of aliphatic hydroxyl groups is 1. The molecule has 0 radical (unpaired) electrons. The fourth-order valence-corrected chi connectivity index (χ4v) is 3.95. The quantitative estimate of drug-likeness (QED) is 0.890. The topological polar surface area (TPSA) is 70.4 Å². The molecule has 122 valence electrons. The third-order valence-electron chi connectivity index (χ3n) is 5.14. The van der Waals surface area contributed by atoms with E-state index in [4.69, 9.17) is 0 Å². The SMILES string of the molecule is CCCNC(=O)N1C[C@H]2C[C@H](O)[C@@H](n3ccnc3C)C[C@H]2C1. The average molecular weight is 306 g/mol. The van der Waals surface area contributed by atoms with Gasteiger partial charge >= 0.3 is 6.03 Å². The Morgan fingerprint density at radius 1 is 1.41 bits per heavy atom. The number of carbonyl (C=O) groups is 1. The van der Waals surface area contributed by atoms with Crippen molar-refractivity contribution in [3.63, 3.8) is 0 Å². The number of fused-ring (bicyclic) bond motifs is 1. The number of rotatable bonds is 3. The summed E-state index contributed by atoms with van der Waals surface area (Å²) in [5.41, 5.74) is 0. The number of nitrogens with zero attached hydrogens (tertiary/aromatic N) is 3. The summed E-state index contributed by atoms with van der Waals surface area (Å²) in [7, 11) is 0. The standard InChI is InChI=1S/C16H26N4O2/c1-3-4-18-16(22)19-9-12-7-14(15(21)8-13(12)10-19)20-6-5-17-11(20)2/h5-6,12-15,21H,3-4,7-10H2,1-2H3,(H,18,22)/t12-,13+,14-,15-/m0/s1. The molecule has 2 N–H and O–H groups in total. The van der Waals surface area contributed by atoms with Crippen molar-refractivity contribution in [2.24, 2.45) is 11.8 Å². The molecule has 6 nitrogen and oxygen atoms in total. The zero-order chi connectivity index (χ0) is 15.7. The summed E-state index contributed by atoms with van der Waals surface area (Å²) >= 11 is 0. The van der Waals surface area contributed by atoms with E-state index in [1.807, 2.05) is 18.0 Å². The maximum atomic E-state index is 12.1. The average Bonchev–Trinajstić information content (AvgIpc) is 3.09. The molecule has 1 saturated heterocycles. The predicted molar refractivity (Wildman–Crippen MR) is 83.5 cm³/mol. The predicted octanol–water partition coefficient (Wildman–Crippen LogP) is 1.55. The summed E-state index contributed by atoms with van der Waals surface area (Å²) < 4.78 is 2.08. The lowest BCUT2D eigenvalue weighted by Gasteiger charge is -2.36. The first-order valence-corrected chi connectivity index (χ1v) is 8.30. The molecule has 4 atom stereocenters. The van der Waals surface area contributed by atoms with Gasteiger partial charge in [0, 0.05) is 32.0 Å². The lowest BCUT2D eigenvalue weighted by Crippen LogP contribution is -2.39. The van der Waals surface area contributed by atoms with Crippen LogP contribution in [0.5, 0.6) is 0 Å². The molecule has 22 heavy (non-hydrogen) atoms. The van der Waals surface area contributed by atoms with Crippen LogP contribution in [0, 0.1) is 18.8 Å². The summed E-state index contributed by atoms with van der Waals surface area (Å²) in [6.45, 7) is 6.32. The Balaban J connectivity index is 1.66. The first kappa shape index (κ1) is 15.3. The van der Waals surface area contributed by atoms with Gasteiger partial charge in [-0.05, 0) is 38.0 Å². The Bertz CT molecular complexity index is 530. The fraction of sp³-hybridized carbons (Fsp3) is 0.750. The highest BCUT2D eigenvalue weighted by Gasteiger charge is 2.43. The van der Waals surface area contributed by atoms with E-state index < -0.39 is 0 Å². The minimum Gasteiger partial charge on any atom is -0.391 e. The number of nitrogens with one attached hydrogen (secondary N) is 1. The summed E-state index contributed by atoms with van der Waals surface area (Å²) in [5.74, 6) is 1.84. The third-order valence-corrected chi connectivity index (χ3v) is 5.14. The van der Waals surface area contributed by atoms with E-state index in [-0.39, 0.29) is 18.2 Å². The zero-order valence-corrected chi connectivity index (χ0v) is 13.4. The smallest absolute Gasteiger partial charge is 0.317 e. The number of aliphatic hydroxyl groups excluding tert-OH is 1. The molecule has 2 amide bonds. The highest BCUT2D eigenvalue weighted by molar-refractivity contribution is 5.74. The number of likely N-dealkylation sites (tertiary alicyclic amines) is 1. The first-order chi connectivity index (χ1) is 10.6.